The average Bonchev–Trinajstić information content (AvgIpc) is 1.77. The van der Waals surface area contributed by atoms with Crippen molar-refractivity contribution in [2.75, 3.05) is 0 Å². The Morgan fingerprint density at radius 2 is 1.67 bits per heavy atom. The van der Waals surface area contributed by atoms with Crippen LogP contribution in [0.1, 0.15) is 27.1 Å². The quantitative estimate of drug-likeness (QED) is 0.277. The Kier molecular flexibility index (Phi) is 5.65. The Bertz CT molecular complexity index is 66.1. The van der Waals surface area contributed by atoms with Gasteiger partial charge in [0.1, 0.15) is 0 Å². The van der Waals surface area contributed by atoms with Crippen LogP contribution in [-0.2, 0) is 0 Å². The molecule has 0 bridgehead atoms. The molecule has 1 saturated carbocycles. The van der Waals surface area contributed by atoms with Crippen molar-refractivity contribution in [3.63, 3.8) is 0 Å². The van der Waals surface area contributed by atoms with Gasteiger partial charge in [-0.25, -0.2) is 0 Å². The van der Waals surface area contributed by atoms with E-state index in [1.165, 1.54) is 12.8 Å². The minimum atomic E-state index is 0. The van der Waals surface area contributed by atoms with E-state index in [0.717, 1.165) is 12.8 Å². The number of hydrogen-bond acceptors (Lipinski definition) is 1. The molecular formula is C6H12ClLiS. The summed E-state index contributed by atoms with van der Waals surface area (Å²) in [4.78, 5) is 0. The Morgan fingerprint density at radius 3 is 2.00 bits per heavy atom. The van der Waals surface area contributed by atoms with Crippen LogP contribution >= 0.6 is 24.2 Å². The van der Waals surface area contributed by atoms with Gasteiger partial charge in [-0.1, -0.05) is 0 Å². The third-order valence-corrected chi connectivity index (χ3v) is 2.58. The van der Waals surface area contributed by atoms with Gasteiger partial charge in [-0.05, 0) is 25.7 Å². The van der Waals surface area contributed by atoms with Gasteiger partial charge in [-0.3, -0.25) is 0 Å². The minimum Gasteiger partial charge on any atom is -1.00 e. The SMILES string of the molecule is SC1CCC(Cl)CC1.[H-].[Li+]. The molecule has 0 aromatic rings. The van der Waals surface area contributed by atoms with E-state index >= 15 is 0 Å². The number of rotatable bonds is 0. The van der Waals surface area contributed by atoms with Crippen molar-refractivity contribution in [3.8, 4) is 0 Å². The molecule has 0 aromatic heterocycles. The molecule has 1 rings (SSSR count). The molecule has 0 heterocycles. The number of halogens is 1. The fraction of sp³-hybridized carbons (Fsp3) is 1.00. The first-order valence-corrected chi connectivity index (χ1v) is 4.06. The number of alkyl halides is 1. The molecule has 0 aliphatic heterocycles. The normalized spacial score (nSPS) is 35.3. The van der Waals surface area contributed by atoms with E-state index in [1.807, 2.05) is 0 Å². The average molecular weight is 159 g/mol. The topological polar surface area (TPSA) is 0 Å². The molecule has 0 saturated heterocycles. The van der Waals surface area contributed by atoms with Crippen molar-refractivity contribution in [3.05, 3.63) is 0 Å². The van der Waals surface area contributed by atoms with Crippen LogP contribution in [-0.4, -0.2) is 10.6 Å². The molecule has 1 aliphatic carbocycles. The van der Waals surface area contributed by atoms with Crippen LogP contribution in [0.25, 0.3) is 0 Å². The molecule has 3 heteroatoms. The summed E-state index contributed by atoms with van der Waals surface area (Å²) < 4.78 is 0. The minimum absolute atomic E-state index is 0. The maximum absolute atomic E-state index is 5.85. The number of thiol groups is 1. The monoisotopic (exact) mass is 158 g/mol. The van der Waals surface area contributed by atoms with E-state index < -0.39 is 0 Å². The van der Waals surface area contributed by atoms with Crippen LogP contribution in [0.2, 0.25) is 0 Å². The zero-order chi connectivity index (χ0) is 5.98. The van der Waals surface area contributed by atoms with Crippen LogP contribution in [0.4, 0.5) is 0 Å². The summed E-state index contributed by atoms with van der Waals surface area (Å²) in [5, 5.41) is 1.07. The molecule has 50 valence electrons. The zero-order valence-corrected chi connectivity index (χ0v) is 7.46. The summed E-state index contributed by atoms with van der Waals surface area (Å²) >= 11 is 10.2. The third-order valence-electron chi connectivity index (χ3n) is 1.63. The summed E-state index contributed by atoms with van der Waals surface area (Å²) in [7, 11) is 0. The van der Waals surface area contributed by atoms with Gasteiger partial charge < -0.3 is 1.43 Å². The molecule has 1 aliphatic rings. The van der Waals surface area contributed by atoms with Crippen molar-refractivity contribution < 1.29 is 20.3 Å². The summed E-state index contributed by atoms with van der Waals surface area (Å²) in [6.45, 7) is 0. The van der Waals surface area contributed by atoms with Gasteiger partial charge in [0.2, 0.25) is 0 Å². The first-order chi connectivity index (χ1) is 3.79. The Hall–Kier alpha value is 1.24. The van der Waals surface area contributed by atoms with Crippen LogP contribution < -0.4 is 18.9 Å². The maximum Gasteiger partial charge on any atom is 1.00 e. The van der Waals surface area contributed by atoms with Gasteiger partial charge in [-0.15, -0.1) is 11.6 Å². The fourth-order valence-electron chi connectivity index (χ4n) is 1.04. The first kappa shape index (κ1) is 10.2. The molecule has 0 unspecified atom stereocenters. The summed E-state index contributed by atoms with van der Waals surface area (Å²) in [5.74, 6) is 0. The Labute approximate surface area is 80.8 Å². The molecule has 9 heavy (non-hydrogen) atoms. The van der Waals surface area contributed by atoms with Crippen LogP contribution in [0, 0.1) is 0 Å². The van der Waals surface area contributed by atoms with E-state index in [1.54, 1.807) is 0 Å². The second-order valence-corrected chi connectivity index (χ2v) is 3.75. The Morgan fingerprint density at radius 1 is 1.22 bits per heavy atom. The van der Waals surface area contributed by atoms with Gasteiger partial charge in [0.15, 0.2) is 0 Å². The van der Waals surface area contributed by atoms with Crippen LogP contribution in [0.3, 0.4) is 0 Å². The molecule has 0 amide bonds. The van der Waals surface area contributed by atoms with E-state index in [2.05, 4.69) is 12.6 Å². The molecule has 0 radical (unpaired) electrons. The molecule has 0 spiro atoms. The second kappa shape index (κ2) is 4.96. The molecular weight excluding hydrogens is 147 g/mol. The van der Waals surface area contributed by atoms with Crippen molar-refractivity contribution in [2.45, 2.75) is 36.3 Å². The summed E-state index contributed by atoms with van der Waals surface area (Å²) in [5.41, 5.74) is 0. The Balaban J connectivity index is 0. The molecule has 0 nitrogen and oxygen atoms in total. The molecule has 0 aromatic carbocycles. The standard InChI is InChI=1S/C6H11ClS.Li.H/c7-5-1-3-6(8)4-2-5;;/h5-6,8H,1-4H2;;/q;+1;-1. The van der Waals surface area contributed by atoms with Gasteiger partial charge in [0, 0.05) is 10.6 Å². The second-order valence-electron chi connectivity index (χ2n) is 2.41. The zero-order valence-electron chi connectivity index (χ0n) is 6.81. The first-order valence-electron chi connectivity index (χ1n) is 3.11. The van der Waals surface area contributed by atoms with Crippen LogP contribution in [0.5, 0.6) is 0 Å². The van der Waals surface area contributed by atoms with Crippen molar-refractivity contribution in [2.24, 2.45) is 0 Å². The van der Waals surface area contributed by atoms with Crippen molar-refractivity contribution in [1.82, 2.24) is 0 Å². The smallest absolute Gasteiger partial charge is 1.00 e. The van der Waals surface area contributed by atoms with Gasteiger partial charge in [0.25, 0.3) is 0 Å². The van der Waals surface area contributed by atoms with E-state index in [9.17, 15) is 0 Å². The van der Waals surface area contributed by atoms with E-state index in [4.69, 9.17) is 11.6 Å². The van der Waals surface area contributed by atoms with Gasteiger partial charge in [-0.2, -0.15) is 12.6 Å². The largest absolute Gasteiger partial charge is 1.00 e. The predicted molar refractivity (Wildman–Crippen MR) is 42.0 cm³/mol. The molecule has 0 atom stereocenters. The molecule has 1 fully saturated rings. The maximum atomic E-state index is 5.85. The fourth-order valence-corrected chi connectivity index (χ4v) is 1.59. The van der Waals surface area contributed by atoms with Crippen molar-refractivity contribution >= 4 is 24.2 Å². The van der Waals surface area contributed by atoms with E-state index in [0.29, 0.717) is 10.6 Å². The third kappa shape index (κ3) is 3.83. The summed E-state index contributed by atoms with van der Waals surface area (Å²) in [6, 6.07) is 0. The van der Waals surface area contributed by atoms with Gasteiger partial charge >= 0.3 is 18.9 Å². The van der Waals surface area contributed by atoms with E-state index in [-0.39, 0.29) is 20.3 Å². The summed E-state index contributed by atoms with van der Waals surface area (Å²) in [6.07, 6.45) is 4.74. The molecule has 0 N–H and O–H groups in total. The predicted octanol–water partition coefficient (Wildman–Crippen LogP) is -0.417. The van der Waals surface area contributed by atoms with Gasteiger partial charge in [0.05, 0.1) is 0 Å². The number of hydrogen-bond donors (Lipinski definition) is 1. The van der Waals surface area contributed by atoms with Crippen molar-refractivity contribution in [1.29, 1.82) is 0 Å². The van der Waals surface area contributed by atoms with Crippen LogP contribution in [0.15, 0.2) is 0 Å².